The molecule has 5 heteroatoms. The van der Waals surface area contributed by atoms with Crippen LogP contribution in [0.4, 0.5) is 0 Å². The molecule has 0 fully saturated rings. The van der Waals surface area contributed by atoms with Gasteiger partial charge in [-0.3, -0.25) is 4.68 Å². The molecule has 0 amide bonds. The summed E-state index contributed by atoms with van der Waals surface area (Å²) in [6.45, 7) is 7.62. The van der Waals surface area contributed by atoms with Crippen molar-refractivity contribution in [2.45, 2.75) is 39.4 Å². The summed E-state index contributed by atoms with van der Waals surface area (Å²) in [7, 11) is 1.68. The highest BCUT2D eigenvalue weighted by molar-refractivity contribution is 5.46. The fourth-order valence-corrected chi connectivity index (χ4v) is 2.39. The zero-order chi connectivity index (χ0) is 15.9. The maximum absolute atomic E-state index is 5.61. The standard InChI is InChI=1S/C17H25N3O2/c1-5-22-16-9-6-8-15(17(16)21-4)12-18-13(2)14(3)20-11-7-10-19-20/h6-11,13-14,18H,5,12H2,1-4H3/t13-,14-/m1/s1. The van der Waals surface area contributed by atoms with Crippen LogP contribution in [0.1, 0.15) is 32.4 Å². The molecule has 0 aliphatic rings. The molecule has 0 unspecified atom stereocenters. The van der Waals surface area contributed by atoms with Crippen molar-refractivity contribution >= 4 is 0 Å². The van der Waals surface area contributed by atoms with Gasteiger partial charge < -0.3 is 14.8 Å². The molecule has 2 aromatic rings. The lowest BCUT2D eigenvalue weighted by Crippen LogP contribution is -2.33. The van der Waals surface area contributed by atoms with Crippen LogP contribution in [0.5, 0.6) is 11.5 Å². The Morgan fingerprint density at radius 2 is 2.09 bits per heavy atom. The zero-order valence-electron chi connectivity index (χ0n) is 13.7. The monoisotopic (exact) mass is 303 g/mol. The van der Waals surface area contributed by atoms with Crippen LogP contribution in [0.15, 0.2) is 36.7 Å². The number of nitrogens with zero attached hydrogens (tertiary/aromatic N) is 2. The smallest absolute Gasteiger partial charge is 0.165 e. The van der Waals surface area contributed by atoms with E-state index < -0.39 is 0 Å². The van der Waals surface area contributed by atoms with Gasteiger partial charge in [-0.05, 0) is 32.9 Å². The maximum atomic E-state index is 5.61. The molecule has 5 nitrogen and oxygen atoms in total. The Hall–Kier alpha value is -2.01. The van der Waals surface area contributed by atoms with Crippen molar-refractivity contribution in [3.05, 3.63) is 42.2 Å². The Morgan fingerprint density at radius 3 is 2.73 bits per heavy atom. The third-order valence-electron chi connectivity index (χ3n) is 3.84. The van der Waals surface area contributed by atoms with Gasteiger partial charge in [0.25, 0.3) is 0 Å². The van der Waals surface area contributed by atoms with Gasteiger partial charge in [-0.15, -0.1) is 0 Å². The number of ether oxygens (including phenoxy) is 2. The highest BCUT2D eigenvalue weighted by Crippen LogP contribution is 2.31. The number of benzene rings is 1. The van der Waals surface area contributed by atoms with E-state index >= 15 is 0 Å². The largest absolute Gasteiger partial charge is 0.493 e. The van der Waals surface area contributed by atoms with Gasteiger partial charge in [-0.1, -0.05) is 12.1 Å². The first-order valence-corrected chi connectivity index (χ1v) is 7.68. The fourth-order valence-electron chi connectivity index (χ4n) is 2.39. The maximum Gasteiger partial charge on any atom is 0.165 e. The van der Waals surface area contributed by atoms with Crippen LogP contribution in [-0.2, 0) is 6.54 Å². The third kappa shape index (κ3) is 3.80. The molecule has 2 rings (SSSR count). The van der Waals surface area contributed by atoms with Crippen LogP contribution < -0.4 is 14.8 Å². The van der Waals surface area contributed by atoms with Gasteiger partial charge in [0.05, 0.1) is 19.8 Å². The lowest BCUT2D eigenvalue weighted by molar-refractivity contribution is 0.307. The molecule has 1 N–H and O–H groups in total. The van der Waals surface area contributed by atoms with Crippen LogP contribution >= 0.6 is 0 Å². The molecule has 1 aromatic carbocycles. The van der Waals surface area contributed by atoms with E-state index in [-0.39, 0.29) is 12.1 Å². The summed E-state index contributed by atoms with van der Waals surface area (Å²) in [5, 5.41) is 7.83. The Kier molecular flexibility index (Phi) is 5.83. The number of rotatable bonds is 8. The van der Waals surface area contributed by atoms with Crippen molar-refractivity contribution in [2.75, 3.05) is 13.7 Å². The Bertz CT molecular complexity index is 569. The summed E-state index contributed by atoms with van der Waals surface area (Å²) in [6.07, 6.45) is 3.79. The average Bonchev–Trinajstić information content (AvgIpc) is 3.06. The molecular formula is C17H25N3O2. The zero-order valence-corrected chi connectivity index (χ0v) is 13.7. The van der Waals surface area contributed by atoms with Crippen molar-refractivity contribution in [2.24, 2.45) is 0 Å². The molecule has 0 aliphatic carbocycles. The molecule has 0 radical (unpaired) electrons. The number of nitrogens with one attached hydrogen (secondary N) is 1. The normalized spacial score (nSPS) is 13.6. The van der Waals surface area contributed by atoms with Gasteiger partial charge >= 0.3 is 0 Å². The lowest BCUT2D eigenvalue weighted by Gasteiger charge is -2.22. The van der Waals surface area contributed by atoms with Gasteiger partial charge in [0.1, 0.15) is 0 Å². The van der Waals surface area contributed by atoms with E-state index in [0.717, 1.165) is 23.6 Å². The topological polar surface area (TPSA) is 48.3 Å². The lowest BCUT2D eigenvalue weighted by atomic mass is 10.1. The van der Waals surface area contributed by atoms with E-state index in [0.29, 0.717) is 6.61 Å². The number of hydrogen-bond donors (Lipinski definition) is 1. The van der Waals surface area contributed by atoms with Crippen molar-refractivity contribution in [1.82, 2.24) is 15.1 Å². The summed E-state index contributed by atoms with van der Waals surface area (Å²) in [5.41, 5.74) is 1.09. The fraction of sp³-hybridized carbons (Fsp3) is 0.471. The van der Waals surface area contributed by atoms with Crippen LogP contribution in [0, 0.1) is 0 Å². The van der Waals surface area contributed by atoms with Gasteiger partial charge in [-0.2, -0.15) is 5.10 Å². The number of hydrogen-bond acceptors (Lipinski definition) is 4. The van der Waals surface area contributed by atoms with Crippen molar-refractivity contribution in [3.8, 4) is 11.5 Å². The summed E-state index contributed by atoms with van der Waals surface area (Å²) >= 11 is 0. The van der Waals surface area contributed by atoms with Crippen LogP contribution in [0.2, 0.25) is 0 Å². The molecule has 0 saturated heterocycles. The van der Waals surface area contributed by atoms with Crippen molar-refractivity contribution in [3.63, 3.8) is 0 Å². The minimum Gasteiger partial charge on any atom is -0.493 e. The molecule has 1 aromatic heterocycles. The molecular weight excluding hydrogens is 278 g/mol. The molecule has 22 heavy (non-hydrogen) atoms. The average molecular weight is 303 g/mol. The van der Waals surface area contributed by atoms with Crippen LogP contribution in [0.25, 0.3) is 0 Å². The molecule has 0 spiro atoms. The molecule has 0 saturated carbocycles. The second kappa shape index (κ2) is 7.84. The van der Waals surface area contributed by atoms with Crippen molar-refractivity contribution in [1.29, 1.82) is 0 Å². The minimum absolute atomic E-state index is 0.274. The van der Waals surface area contributed by atoms with Gasteiger partial charge in [0, 0.05) is 30.5 Å². The number of methoxy groups -OCH3 is 1. The van der Waals surface area contributed by atoms with E-state index in [1.807, 2.05) is 36.0 Å². The predicted octanol–water partition coefficient (Wildman–Crippen LogP) is 3.03. The van der Waals surface area contributed by atoms with Crippen LogP contribution in [0.3, 0.4) is 0 Å². The summed E-state index contributed by atoms with van der Waals surface area (Å²) in [5.74, 6) is 1.59. The first kappa shape index (κ1) is 16.4. The summed E-state index contributed by atoms with van der Waals surface area (Å²) in [6, 6.07) is 8.47. The Morgan fingerprint density at radius 1 is 1.27 bits per heavy atom. The van der Waals surface area contributed by atoms with E-state index in [1.165, 1.54) is 0 Å². The van der Waals surface area contributed by atoms with E-state index in [2.05, 4.69) is 30.3 Å². The highest BCUT2D eigenvalue weighted by Gasteiger charge is 2.15. The van der Waals surface area contributed by atoms with Crippen molar-refractivity contribution < 1.29 is 9.47 Å². The first-order chi connectivity index (χ1) is 10.7. The van der Waals surface area contributed by atoms with Crippen LogP contribution in [-0.4, -0.2) is 29.5 Å². The second-order valence-corrected chi connectivity index (χ2v) is 5.28. The number of aromatic nitrogens is 2. The van der Waals surface area contributed by atoms with Gasteiger partial charge in [0.2, 0.25) is 0 Å². The SMILES string of the molecule is CCOc1cccc(CN[C@H](C)[C@@H](C)n2cccn2)c1OC. The van der Waals surface area contributed by atoms with Gasteiger partial charge in [-0.25, -0.2) is 0 Å². The Balaban J connectivity index is 2.03. The van der Waals surface area contributed by atoms with E-state index in [1.54, 1.807) is 13.3 Å². The summed E-state index contributed by atoms with van der Waals surface area (Å²) < 4.78 is 13.1. The molecule has 120 valence electrons. The van der Waals surface area contributed by atoms with E-state index in [4.69, 9.17) is 9.47 Å². The molecule has 2 atom stereocenters. The molecule has 0 bridgehead atoms. The molecule has 0 aliphatic heterocycles. The molecule has 1 heterocycles. The Labute approximate surface area is 132 Å². The first-order valence-electron chi connectivity index (χ1n) is 7.68. The third-order valence-corrected chi connectivity index (χ3v) is 3.84. The number of para-hydroxylation sites is 1. The van der Waals surface area contributed by atoms with Gasteiger partial charge in [0.15, 0.2) is 11.5 Å². The summed E-state index contributed by atoms with van der Waals surface area (Å²) in [4.78, 5) is 0. The van der Waals surface area contributed by atoms with E-state index in [9.17, 15) is 0 Å². The highest BCUT2D eigenvalue weighted by atomic mass is 16.5. The second-order valence-electron chi connectivity index (χ2n) is 5.28. The minimum atomic E-state index is 0.274. The quantitative estimate of drug-likeness (QED) is 0.814. The predicted molar refractivity (Wildman–Crippen MR) is 87.4 cm³/mol.